The van der Waals surface area contributed by atoms with Crippen LogP contribution in [0.25, 0.3) is 0 Å². The van der Waals surface area contributed by atoms with Crippen LogP contribution in [0, 0.1) is 11.8 Å². The van der Waals surface area contributed by atoms with E-state index in [2.05, 4.69) is 42.6 Å². The van der Waals surface area contributed by atoms with Gasteiger partial charge in [-0.15, -0.1) is 0 Å². The number of nitrogens with zero attached hydrogens (tertiary/aromatic N) is 3. The molecule has 1 aromatic rings. The molecule has 0 atom stereocenters. The lowest BCUT2D eigenvalue weighted by Gasteiger charge is -2.27. The molecule has 0 radical (unpaired) electrons. The molecule has 4 nitrogen and oxygen atoms in total. The van der Waals surface area contributed by atoms with Gasteiger partial charge in [-0.1, -0.05) is 27.7 Å². The van der Waals surface area contributed by atoms with Gasteiger partial charge in [0.2, 0.25) is 0 Å². The van der Waals surface area contributed by atoms with Gasteiger partial charge in [0, 0.05) is 19.6 Å². The molecule has 0 saturated carbocycles. The van der Waals surface area contributed by atoms with Crippen molar-refractivity contribution in [2.24, 2.45) is 17.6 Å². The highest BCUT2D eigenvalue weighted by molar-refractivity contribution is 5.35. The zero-order valence-electron chi connectivity index (χ0n) is 11.3. The minimum atomic E-state index is 0.446. The molecule has 0 bridgehead atoms. The van der Waals surface area contributed by atoms with Crippen molar-refractivity contribution < 1.29 is 0 Å². The topological polar surface area (TPSA) is 55.0 Å². The lowest BCUT2D eigenvalue weighted by Crippen LogP contribution is -2.32. The first kappa shape index (κ1) is 13.9. The predicted molar refractivity (Wildman–Crippen MR) is 71.8 cm³/mol. The number of aromatic nitrogens is 2. The van der Waals surface area contributed by atoms with Gasteiger partial charge in [-0.3, -0.25) is 4.98 Å². The van der Waals surface area contributed by atoms with Crippen LogP contribution >= 0.6 is 0 Å². The number of hydrogen-bond acceptors (Lipinski definition) is 4. The SMILES string of the molecule is CC(C)CN(CC(C)C)c1cnc(CN)cn1. The normalized spacial score (nSPS) is 11.2. The van der Waals surface area contributed by atoms with E-state index in [4.69, 9.17) is 5.73 Å². The molecule has 0 saturated heterocycles. The molecule has 0 unspecified atom stereocenters. The Morgan fingerprint density at radius 2 is 1.65 bits per heavy atom. The van der Waals surface area contributed by atoms with Crippen LogP contribution in [0.3, 0.4) is 0 Å². The number of hydrogen-bond donors (Lipinski definition) is 1. The van der Waals surface area contributed by atoms with E-state index in [-0.39, 0.29) is 0 Å². The maximum Gasteiger partial charge on any atom is 0.147 e. The Morgan fingerprint density at radius 1 is 1.06 bits per heavy atom. The summed E-state index contributed by atoms with van der Waals surface area (Å²) in [5, 5.41) is 0. The van der Waals surface area contributed by atoms with E-state index in [1.54, 1.807) is 6.20 Å². The second kappa shape index (κ2) is 6.55. The fraction of sp³-hybridized carbons (Fsp3) is 0.692. The maximum absolute atomic E-state index is 5.52. The number of nitrogens with two attached hydrogens (primary N) is 1. The molecule has 0 aliphatic rings. The summed E-state index contributed by atoms with van der Waals surface area (Å²) < 4.78 is 0. The van der Waals surface area contributed by atoms with E-state index < -0.39 is 0 Å². The van der Waals surface area contributed by atoms with Gasteiger partial charge in [0.15, 0.2) is 0 Å². The molecule has 0 aliphatic carbocycles. The predicted octanol–water partition coefficient (Wildman–Crippen LogP) is 2.05. The molecule has 0 aromatic carbocycles. The van der Waals surface area contributed by atoms with Gasteiger partial charge in [0.1, 0.15) is 5.82 Å². The van der Waals surface area contributed by atoms with E-state index in [0.29, 0.717) is 18.4 Å². The van der Waals surface area contributed by atoms with Gasteiger partial charge < -0.3 is 10.6 Å². The average molecular weight is 236 g/mol. The summed E-state index contributed by atoms with van der Waals surface area (Å²) in [6, 6.07) is 0. The van der Waals surface area contributed by atoms with Gasteiger partial charge in [-0.25, -0.2) is 4.98 Å². The Morgan fingerprint density at radius 3 is 2.00 bits per heavy atom. The van der Waals surface area contributed by atoms with Gasteiger partial charge in [-0.2, -0.15) is 0 Å². The first-order valence-electron chi connectivity index (χ1n) is 6.28. The molecule has 1 heterocycles. The zero-order valence-corrected chi connectivity index (χ0v) is 11.3. The summed E-state index contributed by atoms with van der Waals surface area (Å²) in [5.74, 6) is 2.18. The standard InChI is InChI=1S/C13H24N4/c1-10(2)8-17(9-11(3)4)13-7-15-12(5-14)6-16-13/h6-7,10-11H,5,8-9,14H2,1-4H3. The van der Waals surface area contributed by atoms with Crippen LogP contribution in [0.1, 0.15) is 33.4 Å². The Bertz CT molecular complexity index is 309. The number of rotatable bonds is 6. The van der Waals surface area contributed by atoms with Crippen LogP contribution in [-0.2, 0) is 6.54 Å². The molecule has 17 heavy (non-hydrogen) atoms. The summed E-state index contributed by atoms with van der Waals surface area (Å²) in [6.07, 6.45) is 3.59. The second-order valence-corrected chi connectivity index (χ2v) is 5.26. The molecule has 96 valence electrons. The molecule has 4 heteroatoms. The lowest BCUT2D eigenvalue weighted by atomic mass is 10.1. The molecule has 0 fully saturated rings. The highest BCUT2D eigenvalue weighted by Gasteiger charge is 2.11. The lowest BCUT2D eigenvalue weighted by molar-refractivity contribution is 0.548. The molecule has 0 amide bonds. The summed E-state index contributed by atoms with van der Waals surface area (Å²) in [6.45, 7) is 11.3. The van der Waals surface area contributed by atoms with Crippen molar-refractivity contribution >= 4 is 5.82 Å². The van der Waals surface area contributed by atoms with Crippen LogP contribution in [0.15, 0.2) is 12.4 Å². The molecule has 1 aromatic heterocycles. The average Bonchev–Trinajstić information content (AvgIpc) is 2.27. The highest BCUT2D eigenvalue weighted by atomic mass is 15.2. The summed E-state index contributed by atoms with van der Waals surface area (Å²) in [7, 11) is 0. The highest BCUT2D eigenvalue weighted by Crippen LogP contribution is 2.13. The van der Waals surface area contributed by atoms with Gasteiger partial charge in [-0.05, 0) is 11.8 Å². The summed E-state index contributed by atoms with van der Waals surface area (Å²) in [5.41, 5.74) is 6.36. The van der Waals surface area contributed by atoms with Gasteiger partial charge in [0.25, 0.3) is 0 Å². The van der Waals surface area contributed by atoms with Crippen LogP contribution in [0.4, 0.5) is 5.82 Å². The van der Waals surface area contributed by atoms with Crippen molar-refractivity contribution in [1.29, 1.82) is 0 Å². The molecule has 0 aliphatic heterocycles. The molecule has 1 rings (SSSR count). The van der Waals surface area contributed by atoms with E-state index in [9.17, 15) is 0 Å². The molecule has 2 N–H and O–H groups in total. The van der Waals surface area contributed by atoms with Gasteiger partial charge in [0.05, 0.1) is 18.1 Å². The summed E-state index contributed by atoms with van der Waals surface area (Å²) >= 11 is 0. The summed E-state index contributed by atoms with van der Waals surface area (Å²) in [4.78, 5) is 11.0. The minimum Gasteiger partial charge on any atom is -0.355 e. The Kier molecular flexibility index (Phi) is 5.35. The van der Waals surface area contributed by atoms with E-state index in [0.717, 1.165) is 24.6 Å². The molecular formula is C13H24N4. The first-order valence-corrected chi connectivity index (χ1v) is 6.28. The van der Waals surface area contributed by atoms with Crippen LogP contribution in [0.5, 0.6) is 0 Å². The minimum absolute atomic E-state index is 0.446. The van der Waals surface area contributed by atoms with Crippen molar-refractivity contribution in [3.05, 3.63) is 18.1 Å². The third-order valence-electron chi connectivity index (χ3n) is 2.40. The zero-order chi connectivity index (χ0) is 12.8. The van der Waals surface area contributed by atoms with Crippen molar-refractivity contribution in [3.63, 3.8) is 0 Å². The number of anilines is 1. The monoisotopic (exact) mass is 236 g/mol. The first-order chi connectivity index (χ1) is 8.02. The third-order valence-corrected chi connectivity index (χ3v) is 2.40. The quantitative estimate of drug-likeness (QED) is 0.821. The fourth-order valence-corrected chi connectivity index (χ4v) is 1.76. The second-order valence-electron chi connectivity index (χ2n) is 5.26. The van der Waals surface area contributed by atoms with Crippen molar-refractivity contribution in [1.82, 2.24) is 9.97 Å². The Hall–Kier alpha value is -1.16. The van der Waals surface area contributed by atoms with Crippen LogP contribution in [0.2, 0.25) is 0 Å². The van der Waals surface area contributed by atoms with Crippen molar-refractivity contribution in [2.75, 3.05) is 18.0 Å². The Balaban J connectivity index is 2.79. The Labute approximate surface area is 104 Å². The fourth-order valence-electron chi connectivity index (χ4n) is 1.76. The third kappa shape index (κ3) is 4.69. The van der Waals surface area contributed by atoms with E-state index >= 15 is 0 Å². The molecule has 0 spiro atoms. The van der Waals surface area contributed by atoms with Crippen molar-refractivity contribution in [3.8, 4) is 0 Å². The van der Waals surface area contributed by atoms with E-state index in [1.807, 2.05) is 6.20 Å². The van der Waals surface area contributed by atoms with E-state index in [1.165, 1.54) is 0 Å². The maximum atomic E-state index is 5.52. The van der Waals surface area contributed by atoms with Crippen molar-refractivity contribution in [2.45, 2.75) is 34.2 Å². The molecular weight excluding hydrogens is 212 g/mol. The van der Waals surface area contributed by atoms with Crippen LogP contribution < -0.4 is 10.6 Å². The smallest absolute Gasteiger partial charge is 0.147 e. The largest absolute Gasteiger partial charge is 0.355 e. The van der Waals surface area contributed by atoms with Gasteiger partial charge >= 0.3 is 0 Å². The van der Waals surface area contributed by atoms with Crippen LogP contribution in [-0.4, -0.2) is 23.1 Å².